The Morgan fingerprint density at radius 3 is 2.23 bits per heavy atom. The summed E-state index contributed by atoms with van der Waals surface area (Å²) in [5.41, 5.74) is 0. The van der Waals surface area contributed by atoms with E-state index in [0.29, 0.717) is 0 Å². The maximum atomic E-state index is 5.46. The molecule has 0 fully saturated rings. The molecular weight excluding hydrogens is 160 g/mol. The molecule has 13 heavy (non-hydrogen) atoms. The van der Waals surface area contributed by atoms with Gasteiger partial charge >= 0.3 is 0 Å². The number of ether oxygens (including phenoxy) is 1. The Morgan fingerprint density at radius 1 is 0.923 bits per heavy atom. The number of hydrogen-bond donors (Lipinski definition) is 0. The lowest BCUT2D eigenvalue weighted by Crippen LogP contribution is -2.02. The van der Waals surface area contributed by atoms with Crippen LogP contribution in [0.1, 0.15) is 59.3 Å². The quantitative estimate of drug-likeness (QED) is 0.494. The van der Waals surface area contributed by atoms with Crippen molar-refractivity contribution in [3.63, 3.8) is 0 Å². The minimum Gasteiger partial charge on any atom is -0.381 e. The van der Waals surface area contributed by atoms with Crippen LogP contribution in [0.2, 0.25) is 0 Å². The van der Waals surface area contributed by atoms with Crippen LogP contribution in [0.5, 0.6) is 0 Å². The minimum absolute atomic E-state index is 0.935. The van der Waals surface area contributed by atoms with Crippen LogP contribution in [0.4, 0.5) is 0 Å². The summed E-state index contributed by atoms with van der Waals surface area (Å²) < 4.78 is 5.46. The maximum Gasteiger partial charge on any atom is 0.0466 e. The first-order chi connectivity index (χ1) is 6.35. The third-order valence-corrected chi connectivity index (χ3v) is 2.52. The summed E-state index contributed by atoms with van der Waals surface area (Å²) in [4.78, 5) is 0. The van der Waals surface area contributed by atoms with Crippen LogP contribution in [-0.4, -0.2) is 13.2 Å². The Bertz CT molecular complexity index is 91.1. The molecule has 0 aliphatic heterocycles. The van der Waals surface area contributed by atoms with Crippen molar-refractivity contribution >= 4 is 0 Å². The van der Waals surface area contributed by atoms with Gasteiger partial charge in [0.1, 0.15) is 0 Å². The molecule has 1 atom stereocenters. The maximum absolute atomic E-state index is 5.46. The van der Waals surface area contributed by atoms with Crippen molar-refractivity contribution in [3.8, 4) is 0 Å². The molecule has 0 saturated heterocycles. The van der Waals surface area contributed by atoms with E-state index in [1.807, 2.05) is 0 Å². The third-order valence-electron chi connectivity index (χ3n) is 2.52. The van der Waals surface area contributed by atoms with Crippen molar-refractivity contribution in [2.24, 2.45) is 5.92 Å². The SMILES string of the molecule is CCCOCCCC(CC)CCC. The van der Waals surface area contributed by atoms with Gasteiger partial charge in [0.2, 0.25) is 0 Å². The van der Waals surface area contributed by atoms with Gasteiger partial charge in [-0.15, -0.1) is 0 Å². The van der Waals surface area contributed by atoms with Gasteiger partial charge in [0.15, 0.2) is 0 Å². The molecule has 80 valence electrons. The van der Waals surface area contributed by atoms with Crippen molar-refractivity contribution in [1.82, 2.24) is 0 Å². The second-order valence-corrected chi connectivity index (χ2v) is 3.82. The molecule has 0 aliphatic carbocycles. The highest BCUT2D eigenvalue weighted by Crippen LogP contribution is 2.16. The summed E-state index contributed by atoms with van der Waals surface area (Å²) in [5.74, 6) is 0.940. The summed E-state index contributed by atoms with van der Waals surface area (Å²) in [7, 11) is 0. The Kier molecular flexibility index (Phi) is 10.0. The molecule has 0 saturated carbocycles. The van der Waals surface area contributed by atoms with Gasteiger partial charge in [-0.25, -0.2) is 0 Å². The molecule has 0 radical (unpaired) electrons. The van der Waals surface area contributed by atoms with E-state index in [1.165, 1.54) is 32.1 Å². The van der Waals surface area contributed by atoms with Crippen molar-refractivity contribution in [2.75, 3.05) is 13.2 Å². The van der Waals surface area contributed by atoms with E-state index >= 15 is 0 Å². The molecular formula is C12H26O. The topological polar surface area (TPSA) is 9.23 Å². The molecule has 0 N–H and O–H groups in total. The molecule has 0 amide bonds. The lowest BCUT2D eigenvalue weighted by atomic mass is 9.96. The van der Waals surface area contributed by atoms with Gasteiger partial charge in [-0.2, -0.15) is 0 Å². The van der Waals surface area contributed by atoms with Crippen LogP contribution in [-0.2, 0) is 4.74 Å². The van der Waals surface area contributed by atoms with Crippen molar-refractivity contribution in [3.05, 3.63) is 0 Å². The zero-order valence-corrected chi connectivity index (χ0v) is 9.64. The fourth-order valence-corrected chi connectivity index (χ4v) is 1.68. The summed E-state index contributed by atoms with van der Waals surface area (Å²) in [5, 5.41) is 0. The molecule has 1 unspecified atom stereocenters. The average Bonchev–Trinajstić information content (AvgIpc) is 2.16. The average molecular weight is 186 g/mol. The van der Waals surface area contributed by atoms with Crippen LogP contribution in [0.15, 0.2) is 0 Å². The monoisotopic (exact) mass is 186 g/mol. The van der Waals surface area contributed by atoms with E-state index < -0.39 is 0 Å². The van der Waals surface area contributed by atoms with Crippen molar-refractivity contribution in [1.29, 1.82) is 0 Å². The lowest BCUT2D eigenvalue weighted by molar-refractivity contribution is 0.126. The van der Waals surface area contributed by atoms with Gasteiger partial charge in [-0.3, -0.25) is 0 Å². The molecule has 0 aromatic carbocycles. The van der Waals surface area contributed by atoms with E-state index in [-0.39, 0.29) is 0 Å². The summed E-state index contributed by atoms with van der Waals surface area (Å²) in [6.07, 6.45) is 7.80. The van der Waals surface area contributed by atoms with Crippen LogP contribution in [0.25, 0.3) is 0 Å². The van der Waals surface area contributed by atoms with Crippen LogP contribution >= 0.6 is 0 Å². The number of rotatable bonds is 9. The molecule has 0 spiro atoms. The first-order valence-corrected chi connectivity index (χ1v) is 5.92. The van der Waals surface area contributed by atoms with Gasteiger partial charge in [0.25, 0.3) is 0 Å². The summed E-state index contributed by atoms with van der Waals surface area (Å²) in [6.45, 7) is 8.63. The van der Waals surface area contributed by atoms with Gasteiger partial charge in [0, 0.05) is 13.2 Å². The summed E-state index contributed by atoms with van der Waals surface area (Å²) >= 11 is 0. The predicted molar refractivity (Wildman–Crippen MR) is 59.0 cm³/mol. The Hall–Kier alpha value is -0.0400. The van der Waals surface area contributed by atoms with E-state index in [0.717, 1.165) is 25.6 Å². The summed E-state index contributed by atoms with van der Waals surface area (Å²) in [6, 6.07) is 0. The molecule has 0 aromatic rings. The molecule has 0 heterocycles. The molecule has 1 nitrogen and oxygen atoms in total. The third kappa shape index (κ3) is 8.29. The van der Waals surface area contributed by atoms with Gasteiger partial charge in [0.05, 0.1) is 0 Å². The van der Waals surface area contributed by atoms with E-state index in [4.69, 9.17) is 4.74 Å². The van der Waals surface area contributed by atoms with E-state index in [9.17, 15) is 0 Å². The highest BCUT2D eigenvalue weighted by Gasteiger charge is 2.03. The van der Waals surface area contributed by atoms with E-state index in [2.05, 4.69) is 20.8 Å². The van der Waals surface area contributed by atoms with Gasteiger partial charge in [-0.1, -0.05) is 40.0 Å². The molecule has 1 heteroatoms. The Labute approximate surface area is 83.9 Å². The molecule has 0 aromatic heterocycles. The second-order valence-electron chi connectivity index (χ2n) is 3.82. The number of hydrogen-bond acceptors (Lipinski definition) is 1. The fraction of sp³-hybridized carbons (Fsp3) is 1.00. The minimum atomic E-state index is 0.935. The molecule has 0 bridgehead atoms. The molecule has 0 aliphatic rings. The first-order valence-electron chi connectivity index (χ1n) is 5.92. The largest absolute Gasteiger partial charge is 0.381 e. The predicted octanol–water partition coefficient (Wildman–Crippen LogP) is 4.02. The Balaban J connectivity index is 3.17. The second kappa shape index (κ2) is 10.0. The van der Waals surface area contributed by atoms with Crippen LogP contribution in [0, 0.1) is 5.92 Å². The van der Waals surface area contributed by atoms with E-state index in [1.54, 1.807) is 0 Å². The van der Waals surface area contributed by atoms with Gasteiger partial charge < -0.3 is 4.74 Å². The van der Waals surface area contributed by atoms with Gasteiger partial charge in [-0.05, 0) is 25.2 Å². The first kappa shape index (κ1) is 13.0. The van der Waals surface area contributed by atoms with Crippen molar-refractivity contribution in [2.45, 2.75) is 59.3 Å². The van der Waals surface area contributed by atoms with Crippen LogP contribution < -0.4 is 0 Å². The van der Waals surface area contributed by atoms with Crippen LogP contribution in [0.3, 0.4) is 0 Å². The Morgan fingerprint density at radius 2 is 1.69 bits per heavy atom. The molecule has 0 rings (SSSR count). The highest BCUT2D eigenvalue weighted by atomic mass is 16.5. The zero-order chi connectivity index (χ0) is 9.94. The zero-order valence-electron chi connectivity index (χ0n) is 9.64. The lowest BCUT2D eigenvalue weighted by Gasteiger charge is -2.13. The smallest absolute Gasteiger partial charge is 0.0466 e. The standard InChI is InChI=1S/C12H26O/c1-4-8-12(6-3)9-7-11-13-10-5-2/h12H,4-11H2,1-3H3. The fourth-order valence-electron chi connectivity index (χ4n) is 1.68. The highest BCUT2D eigenvalue weighted by molar-refractivity contribution is 4.56. The van der Waals surface area contributed by atoms with Crippen molar-refractivity contribution < 1.29 is 4.74 Å². The normalized spacial score (nSPS) is 13.2.